The molecule has 4 nitrogen and oxygen atoms in total. The van der Waals surface area contributed by atoms with Crippen molar-refractivity contribution in [3.05, 3.63) is 16.1 Å². The maximum absolute atomic E-state index is 6.66. The van der Waals surface area contributed by atoms with Crippen LogP contribution in [0.1, 0.15) is 37.7 Å². The molecule has 1 aromatic carbocycles. The van der Waals surface area contributed by atoms with Crippen molar-refractivity contribution < 1.29 is 14.2 Å². The second-order valence-corrected chi connectivity index (χ2v) is 6.36. The Morgan fingerprint density at radius 3 is 2.60 bits per heavy atom. The molecule has 1 heterocycles. The fraction of sp³-hybridized carbons (Fsp3) is 0.600. The molecule has 2 aliphatic rings. The van der Waals surface area contributed by atoms with Gasteiger partial charge in [-0.3, -0.25) is 0 Å². The standard InChI is InChI=1S/C15H20BrNO3/c1-18-13-10(16)9-11-14(20-8-4-7-19-11)12(13)15(17)5-2-3-6-15/h9H,2-8,17H2,1H3. The molecule has 0 amide bonds. The van der Waals surface area contributed by atoms with Crippen LogP contribution in [0.15, 0.2) is 10.5 Å². The number of nitrogens with two attached hydrogens (primary N) is 1. The molecule has 20 heavy (non-hydrogen) atoms. The fourth-order valence-electron chi connectivity index (χ4n) is 3.17. The quantitative estimate of drug-likeness (QED) is 0.896. The number of halogens is 1. The van der Waals surface area contributed by atoms with Gasteiger partial charge in [0.05, 0.1) is 30.4 Å². The van der Waals surface area contributed by atoms with Gasteiger partial charge in [0.25, 0.3) is 0 Å². The van der Waals surface area contributed by atoms with Crippen molar-refractivity contribution >= 4 is 15.9 Å². The third kappa shape index (κ3) is 2.27. The van der Waals surface area contributed by atoms with Crippen LogP contribution in [0, 0.1) is 0 Å². The van der Waals surface area contributed by atoms with Crippen molar-refractivity contribution in [1.29, 1.82) is 0 Å². The molecule has 2 N–H and O–H groups in total. The van der Waals surface area contributed by atoms with E-state index in [1.807, 2.05) is 6.07 Å². The summed E-state index contributed by atoms with van der Waals surface area (Å²) in [4.78, 5) is 0. The third-order valence-corrected chi connectivity index (χ3v) is 4.73. The molecule has 0 saturated heterocycles. The minimum Gasteiger partial charge on any atom is -0.495 e. The molecular weight excluding hydrogens is 322 g/mol. The van der Waals surface area contributed by atoms with Gasteiger partial charge in [0.2, 0.25) is 0 Å². The van der Waals surface area contributed by atoms with Gasteiger partial charge in [-0.15, -0.1) is 0 Å². The fourth-order valence-corrected chi connectivity index (χ4v) is 3.73. The zero-order valence-electron chi connectivity index (χ0n) is 11.7. The smallest absolute Gasteiger partial charge is 0.170 e. The van der Waals surface area contributed by atoms with E-state index in [1.54, 1.807) is 7.11 Å². The predicted octanol–water partition coefficient (Wildman–Crippen LogP) is 3.35. The molecule has 0 aromatic heterocycles. The van der Waals surface area contributed by atoms with E-state index < -0.39 is 0 Å². The molecule has 1 fully saturated rings. The van der Waals surface area contributed by atoms with Crippen LogP contribution < -0.4 is 19.9 Å². The van der Waals surface area contributed by atoms with Gasteiger partial charge in [-0.2, -0.15) is 0 Å². The number of methoxy groups -OCH3 is 1. The SMILES string of the molecule is COc1c(Br)cc2c(c1C1(N)CCCC1)OCCCO2. The van der Waals surface area contributed by atoms with Crippen LogP contribution >= 0.6 is 15.9 Å². The average molecular weight is 342 g/mol. The lowest BCUT2D eigenvalue weighted by molar-refractivity contribution is 0.290. The van der Waals surface area contributed by atoms with Crippen molar-refractivity contribution in [3.8, 4) is 17.2 Å². The van der Waals surface area contributed by atoms with Gasteiger partial charge in [0.1, 0.15) is 5.75 Å². The Bertz CT molecular complexity index is 512. The summed E-state index contributed by atoms with van der Waals surface area (Å²) >= 11 is 3.57. The van der Waals surface area contributed by atoms with Gasteiger partial charge in [0.15, 0.2) is 11.5 Å². The molecule has 5 heteroatoms. The number of hydrogen-bond acceptors (Lipinski definition) is 4. The van der Waals surface area contributed by atoms with Crippen LogP contribution in [0.4, 0.5) is 0 Å². The predicted molar refractivity (Wildman–Crippen MR) is 80.6 cm³/mol. The number of fused-ring (bicyclic) bond motifs is 1. The molecule has 1 aliphatic carbocycles. The average Bonchev–Trinajstić information content (AvgIpc) is 2.74. The summed E-state index contributed by atoms with van der Waals surface area (Å²) in [6.45, 7) is 1.32. The van der Waals surface area contributed by atoms with Gasteiger partial charge in [0, 0.05) is 18.0 Å². The second kappa shape index (κ2) is 5.45. The van der Waals surface area contributed by atoms with E-state index in [2.05, 4.69) is 15.9 Å². The first-order valence-corrected chi connectivity index (χ1v) is 7.90. The highest BCUT2D eigenvalue weighted by Crippen LogP contribution is 2.52. The van der Waals surface area contributed by atoms with Gasteiger partial charge in [-0.1, -0.05) is 12.8 Å². The van der Waals surface area contributed by atoms with Crippen LogP contribution in [0.25, 0.3) is 0 Å². The molecule has 3 rings (SSSR count). The number of hydrogen-bond donors (Lipinski definition) is 1. The molecule has 110 valence electrons. The lowest BCUT2D eigenvalue weighted by atomic mass is 9.87. The molecule has 0 spiro atoms. The van der Waals surface area contributed by atoms with E-state index in [0.717, 1.165) is 59.4 Å². The highest BCUT2D eigenvalue weighted by molar-refractivity contribution is 9.10. The van der Waals surface area contributed by atoms with Crippen LogP contribution in [-0.4, -0.2) is 20.3 Å². The van der Waals surface area contributed by atoms with Gasteiger partial charge in [-0.25, -0.2) is 0 Å². The maximum Gasteiger partial charge on any atom is 0.170 e. The highest BCUT2D eigenvalue weighted by Gasteiger charge is 2.39. The Balaban J connectivity index is 2.20. The molecule has 0 atom stereocenters. The van der Waals surface area contributed by atoms with E-state index in [1.165, 1.54) is 0 Å². The van der Waals surface area contributed by atoms with Crippen molar-refractivity contribution in [2.45, 2.75) is 37.6 Å². The first-order valence-electron chi connectivity index (χ1n) is 7.11. The summed E-state index contributed by atoms with van der Waals surface area (Å²) in [7, 11) is 1.67. The van der Waals surface area contributed by atoms with Crippen molar-refractivity contribution in [1.82, 2.24) is 0 Å². The highest BCUT2D eigenvalue weighted by atomic mass is 79.9. The minimum absolute atomic E-state index is 0.382. The molecular formula is C15H20BrNO3. The normalized spacial score (nSPS) is 20.6. The minimum atomic E-state index is -0.382. The van der Waals surface area contributed by atoms with Crippen molar-refractivity contribution in [2.75, 3.05) is 20.3 Å². The van der Waals surface area contributed by atoms with Gasteiger partial charge >= 0.3 is 0 Å². The van der Waals surface area contributed by atoms with Gasteiger partial charge < -0.3 is 19.9 Å². The summed E-state index contributed by atoms with van der Waals surface area (Å²) in [5.41, 5.74) is 7.24. The number of benzene rings is 1. The van der Waals surface area contributed by atoms with E-state index >= 15 is 0 Å². The first-order chi connectivity index (χ1) is 9.65. The van der Waals surface area contributed by atoms with E-state index in [9.17, 15) is 0 Å². The lowest BCUT2D eigenvalue weighted by Crippen LogP contribution is -2.34. The Labute approximate surface area is 127 Å². The second-order valence-electron chi connectivity index (χ2n) is 5.51. The molecule has 1 saturated carbocycles. The largest absolute Gasteiger partial charge is 0.495 e. The van der Waals surface area contributed by atoms with Crippen molar-refractivity contribution in [3.63, 3.8) is 0 Å². The van der Waals surface area contributed by atoms with Crippen LogP contribution in [0.5, 0.6) is 17.2 Å². The van der Waals surface area contributed by atoms with E-state index in [0.29, 0.717) is 13.2 Å². The maximum atomic E-state index is 6.66. The monoisotopic (exact) mass is 341 g/mol. The first kappa shape index (κ1) is 14.0. The lowest BCUT2D eigenvalue weighted by Gasteiger charge is -2.29. The Morgan fingerprint density at radius 2 is 1.90 bits per heavy atom. The van der Waals surface area contributed by atoms with Gasteiger partial charge in [-0.05, 0) is 28.8 Å². The van der Waals surface area contributed by atoms with Crippen LogP contribution in [0.3, 0.4) is 0 Å². The topological polar surface area (TPSA) is 53.7 Å². The summed E-state index contributed by atoms with van der Waals surface area (Å²) < 4.78 is 18.2. The molecule has 0 radical (unpaired) electrons. The summed E-state index contributed by atoms with van der Waals surface area (Å²) in [6.07, 6.45) is 5.07. The zero-order valence-corrected chi connectivity index (χ0v) is 13.3. The number of rotatable bonds is 2. The Hall–Kier alpha value is -0.940. The summed E-state index contributed by atoms with van der Waals surface area (Å²) in [5.74, 6) is 2.31. The Morgan fingerprint density at radius 1 is 1.20 bits per heavy atom. The Kier molecular flexibility index (Phi) is 3.82. The molecule has 1 aliphatic heterocycles. The third-order valence-electron chi connectivity index (χ3n) is 4.14. The number of ether oxygens (including phenoxy) is 3. The molecule has 0 unspecified atom stereocenters. The van der Waals surface area contributed by atoms with E-state index in [4.69, 9.17) is 19.9 Å². The zero-order chi connectivity index (χ0) is 14.2. The summed E-state index contributed by atoms with van der Waals surface area (Å²) in [5, 5.41) is 0. The van der Waals surface area contributed by atoms with Crippen LogP contribution in [-0.2, 0) is 5.54 Å². The molecule has 1 aromatic rings. The summed E-state index contributed by atoms with van der Waals surface area (Å²) in [6, 6.07) is 1.92. The van der Waals surface area contributed by atoms with E-state index in [-0.39, 0.29) is 5.54 Å². The van der Waals surface area contributed by atoms with Crippen molar-refractivity contribution in [2.24, 2.45) is 5.73 Å². The van der Waals surface area contributed by atoms with Crippen LogP contribution in [0.2, 0.25) is 0 Å². The molecule has 0 bridgehead atoms.